The lowest BCUT2D eigenvalue weighted by Crippen LogP contribution is -2.05. The molecule has 0 N–H and O–H groups in total. The zero-order chi connectivity index (χ0) is 9.84. The van der Waals surface area contributed by atoms with Crippen LogP contribution in [0.4, 0.5) is 0 Å². The van der Waals surface area contributed by atoms with Crippen LogP contribution in [0.2, 0.25) is 0 Å². The summed E-state index contributed by atoms with van der Waals surface area (Å²) in [4.78, 5) is 23.2. The van der Waals surface area contributed by atoms with Crippen molar-refractivity contribution in [3.63, 3.8) is 0 Å². The molecule has 0 spiro atoms. The largest absolute Gasteiger partial charge is 0.462 e. The maximum absolute atomic E-state index is 11.3. The monoisotopic (exact) mass is 198 g/mol. The molecule has 0 radical (unpaired) electrons. The summed E-state index contributed by atoms with van der Waals surface area (Å²) < 4.78 is 4.79. The summed E-state index contributed by atoms with van der Waals surface area (Å²) in [5, 5.41) is 0. The lowest BCUT2D eigenvalue weighted by Gasteiger charge is -1.98. The van der Waals surface area contributed by atoms with Crippen molar-refractivity contribution >= 4 is 23.6 Å². The topological polar surface area (TPSA) is 43.4 Å². The Morgan fingerprint density at radius 2 is 2.38 bits per heavy atom. The number of aldehydes is 1. The highest BCUT2D eigenvalue weighted by Crippen LogP contribution is 2.20. The number of carbonyl (C=O) groups is 2. The first-order valence-corrected chi connectivity index (χ1v) is 4.73. The summed E-state index contributed by atoms with van der Waals surface area (Å²) >= 11 is 1.30. The Kier molecular flexibility index (Phi) is 3.19. The van der Waals surface area contributed by atoms with E-state index in [1.807, 2.05) is 6.92 Å². The summed E-state index contributed by atoms with van der Waals surface area (Å²) in [5.41, 5.74) is 0.374. The Bertz CT molecular complexity index is 328. The van der Waals surface area contributed by atoms with Gasteiger partial charge in [0.25, 0.3) is 0 Å². The van der Waals surface area contributed by atoms with Crippen LogP contribution >= 0.6 is 11.3 Å². The molecule has 1 aromatic heterocycles. The van der Waals surface area contributed by atoms with Gasteiger partial charge in [0.15, 0.2) is 6.29 Å². The highest BCUT2D eigenvalue weighted by Gasteiger charge is 2.14. The van der Waals surface area contributed by atoms with E-state index in [4.69, 9.17) is 4.74 Å². The molecule has 0 aliphatic carbocycles. The van der Waals surface area contributed by atoms with Crippen LogP contribution in [0, 0.1) is 6.92 Å². The van der Waals surface area contributed by atoms with Gasteiger partial charge in [-0.2, -0.15) is 0 Å². The van der Waals surface area contributed by atoms with Gasteiger partial charge in [0.1, 0.15) is 0 Å². The Morgan fingerprint density at radius 3 is 2.92 bits per heavy atom. The average Bonchev–Trinajstić information content (AvgIpc) is 2.47. The van der Waals surface area contributed by atoms with E-state index in [0.717, 1.165) is 4.88 Å². The van der Waals surface area contributed by atoms with Gasteiger partial charge in [0.2, 0.25) is 0 Å². The van der Waals surface area contributed by atoms with E-state index < -0.39 is 5.97 Å². The summed E-state index contributed by atoms with van der Waals surface area (Å²) in [6.07, 6.45) is 0.684. The molecule has 3 nitrogen and oxygen atoms in total. The summed E-state index contributed by atoms with van der Waals surface area (Å²) in [6.45, 7) is 3.91. The van der Waals surface area contributed by atoms with Crippen LogP contribution in [0.1, 0.15) is 31.8 Å². The molecule has 13 heavy (non-hydrogen) atoms. The molecule has 0 bridgehead atoms. The van der Waals surface area contributed by atoms with Crippen molar-refractivity contribution in [2.24, 2.45) is 0 Å². The van der Waals surface area contributed by atoms with E-state index >= 15 is 0 Å². The number of hydrogen-bond acceptors (Lipinski definition) is 4. The smallest absolute Gasteiger partial charge is 0.339 e. The Morgan fingerprint density at radius 1 is 1.69 bits per heavy atom. The van der Waals surface area contributed by atoms with E-state index in [1.165, 1.54) is 11.3 Å². The van der Waals surface area contributed by atoms with Gasteiger partial charge in [-0.25, -0.2) is 4.79 Å². The van der Waals surface area contributed by atoms with Crippen LogP contribution in [0.25, 0.3) is 0 Å². The predicted octanol–water partition coefficient (Wildman–Crippen LogP) is 2.05. The second-order valence-electron chi connectivity index (χ2n) is 2.47. The van der Waals surface area contributed by atoms with Crippen LogP contribution in [0.5, 0.6) is 0 Å². The van der Waals surface area contributed by atoms with E-state index in [0.29, 0.717) is 23.3 Å². The first kappa shape index (κ1) is 9.92. The van der Waals surface area contributed by atoms with Crippen molar-refractivity contribution in [3.05, 3.63) is 21.4 Å². The van der Waals surface area contributed by atoms with E-state index in [1.54, 1.807) is 13.0 Å². The average molecular weight is 198 g/mol. The molecule has 0 atom stereocenters. The number of carbonyl (C=O) groups excluding carboxylic acids is 2. The van der Waals surface area contributed by atoms with Crippen molar-refractivity contribution in [1.29, 1.82) is 0 Å². The van der Waals surface area contributed by atoms with Gasteiger partial charge in [-0.1, -0.05) is 0 Å². The summed E-state index contributed by atoms with van der Waals surface area (Å²) in [5.74, 6) is -0.422. The van der Waals surface area contributed by atoms with Crippen LogP contribution in [0.15, 0.2) is 6.07 Å². The highest BCUT2D eigenvalue weighted by molar-refractivity contribution is 7.14. The molecule has 0 aliphatic rings. The number of hydrogen-bond donors (Lipinski definition) is 0. The zero-order valence-corrected chi connectivity index (χ0v) is 8.31. The van der Waals surface area contributed by atoms with Crippen molar-refractivity contribution in [2.75, 3.05) is 6.61 Å². The quantitative estimate of drug-likeness (QED) is 0.551. The minimum Gasteiger partial charge on any atom is -0.462 e. The molecule has 0 unspecified atom stereocenters. The van der Waals surface area contributed by atoms with Crippen LogP contribution in [0.3, 0.4) is 0 Å². The minimum absolute atomic E-state index is 0.325. The first-order chi connectivity index (χ1) is 6.19. The molecular weight excluding hydrogens is 188 g/mol. The van der Waals surface area contributed by atoms with Crippen molar-refractivity contribution in [2.45, 2.75) is 13.8 Å². The lowest BCUT2D eigenvalue weighted by molar-refractivity contribution is 0.0525. The molecule has 0 saturated carbocycles. The molecule has 1 heterocycles. The minimum atomic E-state index is -0.422. The number of aryl methyl sites for hydroxylation is 1. The fraction of sp³-hybridized carbons (Fsp3) is 0.333. The number of ether oxygens (including phenoxy) is 1. The first-order valence-electron chi connectivity index (χ1n) is 3.91. The van der Waals surface area contributed by atoms with Gasteiger partial charge in [0, 0.05) is 4.88 Å². The van der Waals surface area contributed by atoms with Crippen molar-refractivity contribution in [3.8, 4) is 0 Å². The Balaban J connectivity index is 2.98. The molecular formula is C9H10O3S. The molecule has 1 rings (SSSR count). The summed E-state index contributed by atoms with van der Waals surface area (Å²) in [6, 6.07) is 1.67. The molecule has 1 aromatic rings. The Hall–Kier alpha value is -1.16. The maximum Gasteiger partial charge on any atom is 0.339 e. The number of rotatable bonds is 3. The molecule has 0 saturated heterocycles. The third-order valence-corrected chi connectivity index (χ3v) is 2.46. The van der Waals surface area contributed by atoms with E-state index in [9.17, 15) is 9.59 Å². The molecule has 0 aromatic carbocycles. The van der Waals surface area contributed by atoms with E-state index in [-0.39, 0.29) is 0 Å². The van der Waals surface area contributed by atoms with Crippen LogP contribution in [-0.2, 0) is 4.74 Å². The van der Waals surface area contributed by atoms with Gasteiger partial charge in [0.05, 0.1) is 17.0 Å². The molecule has 0 fully saturated rings. The SMILES string of the molecule is CCOC(=O)c1cc(C)sc1C=O. The number of esters is 1. The highest BCUT2D eigenvalue weighted by atomic mass is 32.1. The van der Waals surface area contributed by atoms with Gasteiger partial charge in [-0.15, -0.1) is 11.3 Å². The van der Waals surface area contributed by atoms with Gasteiger partial charge in [-0.05, 0) is 19.9 Å². The van der Waals surface area contributed by atoms with Gasteiger partial charge >= 0.3 is 5.97 Å². The maximum atomic E-state index is 11.3. The molecule has 0 aliphatic heterocycles. The Labute approximate surface area is 80.3 Å². The van der Waals surface area contributed by atoms with Crippen molar-refractivity contribution < 1.29 is 14.3 Å². The molecule has 70 valence electrons. The fourth-order valence-electron chi connectivity index (χ4n) is 0.988. The predicted molar refractivity (Wildman–Crippen MR) is 50.4 cm³/mol. The zero-order valence-electron chi connectivity index (χ0n) is 7.49. The van der Waals surface area contributed by atoms with Crippen molar-refractivity contribution in [1.82, 2.24) is 0 Å². The van der Waals surface area contributed by atoms with Crippen LogP contribution in [-0.4, -0.2) is 18.9 Å². The fourth-order valence-corrected chi connectivity index (χ4v) is 1.81. The second-order valence-corrected chi connectivity index (χ2v) is 3.76. The van der Waals surface area contributed by atoms with E-state index in [2.05, 4.69) is 0 Å². The third kappa shape index (κ3) is 2.15. The van der Waals surface area contributed by atoms with Gasteiger partial charge in [-0.3, -0.25) is 4.79 Å². The standard InChI is InChI=1S/C9H10O3S/c1-3-12-9(11)7-4-6(2)13-8(7)5-10/h4-5H,3H2,1-2H3. The second kappa shape index (κ2) is 4.18. The van der Waals surface area contributed by atoms with Gasteiger partial charge < -0.3 is 4.74 Å². The third-order valence-electron chi connectivity index (χ3n) is 1.49. The summed E-state index contributed by atoms with van der Waals surface area (Å²) in [7, 11) is 0. The van der Waals surface area contributed by atoms with Crippen LogP contribution < -0.4 is 0 Å². The lowest BCUT2D eigenvalue weighted by atomic mass is 10.2. The molecule has 4 heteroatoms. The molecule has 0 amide bonds. The number of thiophene rings is 1. The normalized spacial score (nSPS) is 9.69.